The lowest BCUT2D eigenvalue weighted by molar-refractivity contribution is 0.0778. The number of aromatic nitrogens is 3. The fraction of sp³-hybridized carbons (Fsp3) is 0.250. The van der Waals surface area contributed by atoms with Crippen LogP contribution in [-0.2, 0) is 30.4 Å². The summed E-state index contributed by atoms with van der Waals surface area (Å²) in [6.07, 6.45) is 1.02. The Bertz CT molecular complexity index is 2350. The molecule has 22 heteroatoms. The molecule has 2 aliphatic carbocycles. The average Bonchev–Trinajstić information content (AvgIpc) is 3.00. The molecule has 0 saturated carbocycles. The SMILES string of the molecule is CC(C)(CNC1=CC(S(=O)(=O)O)=C(N)C2C(=O)c3ccccc3C(=O)C12)CNc1nc(Cl)nc(Nc2cc(S(=O)(=O)O)ccc2S(=O)(=O)O)n1. The van der Waals surface area contributed by atoms with Crippen LogP contribution >= 0.6 is 11.6 Å². The van der Waals surface area contributed by atoms with Crippen LogP contribution in [0.3, 0.4) is 0 Å². The number of carbonyl (C=O) groups excluding carboxylic acids is 2. The number of halogens is 1. The molecule has 0 bridgehead atoms. The standard InChI is InChI=1S/C28H28ClN7O11S3/c1-28(2,11-31-17-10-19(50(45,46)47)22(30)21-20(17)23(37)14-5-3-4-6-15(14)24(21)38)12-32-26-34-25(29)35-27(36-26)33-16-9-13(48(39,40)41)7-8-18(16)49(42,43)44/h3-10,20-21,31H,11-12,30H2,1-2H3,(H,39,40,41)(H,42,43,44)(H,45,46,47)(H2,32,33,34,35,36). The van der Waals surface area contributed by atoms with Crippen LogP contribution in [0.5, 0.6) is 0 Å². The summed E-state index contributed by atoms with van der Waals surface area (Å²) < 4.78 is 100. The maximum absolute atomic E-state index is 13.6. The number of nitrogens with two attached hydrogens (primary N) is 1. The van der Waals surface area contributed by atoms with E-state index in [4.69, 9.17) is 17.3 Å². The monoisotopic (exact) mass is 769 g/mol. The largest absolute Gasteiger partial charge is 0.400 e. The number of benzene rings is 2. The van der Waals surface area contributed by atoms with E-state index in [9.17, 15) is 48.5 Å². The number of Topliss-reactive ketones (excluding diaryl/α,β-unsaturated/α-hetero) is 2. The molecular formula is C28H28ClN7O11S3. The molecule has 8 N–H and O–H groups in total. The van der Waals surface area contributed by atoms with Crippen LogP contribution in [-0.4, -0.2) is 78.5 Å². The topological polar surface area (TPSA) is 298 Å². The number of fused-ring (bicyclic) bond motifs is 2. The van der Waals surface area contributed by atoms with Crippen molar-refractivity contribution in [1.29, 1.82) is 0 Å². The first kappa shape index (κ1) is 36.8. The van der Waals surface area contributed by atoms with Crippen LogP contribution < -0.4 is 21.7 Å². The van der Waals surface area contributed by atoms with Gasteiger partial charge in [-0.15, -0.1) is 0 Å². The van der Waals surface area contributed by atoms with Gasteiger partial charge in [-0.25, -0.2) is 0 Å². The normalized spacial score (nSPS) is 18.2. The highest BCUT2D eigenvalue weighted by Crippen LogP contribution is 2.42. The van der Waals surface area contributed by atoms with Gasteiger partial charge in [-0.3, -0.25) is 23.2 Å². The van der Waals surface area contributed by atoms with E-state index in [1.54, 1.807) is 26.0 Å². The number of ketones is 2. The van der Waals surface area contributed by atoms with Gasteiger partial charge < -0.3 is 21.7 Å². The fourth-order valence-corrected chi connectivity index (χ4v) is 7.36. The van der Waals surface area contributed by atoms with E-state index < -0.39 is 85.3 Å². The van der Waals surface area contributed by atoms with Gasteiger partial charge in [0.1, 0.15) is 9.80 Å². The first-order valence-electron chi connectivity index (χ1n) is 14.2. The van der Waals surface area contributed by atoms with Crippen molar-refractivity contribution >= 4 is 71.1 Å². The van der Waals surface area contributed by atoms with Crippen molar-refractivity contribution in [1.82, 2.24) is 20.3 Å². The molecule has 2 atom stereocenters. The minimum Gasteiger partial charge on any atom is -0.400 e. The Hall–Kier alpha value is -4.51. The maximum Gasteiger partial charge on any atom is 0.296 e. The number of nitrogens with one attached hydrogen (secondary N) is 3. The Balaban J connectivity index is 1.37. The van der Waals surface area contributed by atoms with Gasteiger partial charge in [0.05, 0.1) is 22.4 Å². The molecule has 1 aromatic heterocycles. The number of anilines is 3. The van der Waals surface area contributed by atoms with Crippen molar-refractivity contribution in [2.45, 2.75) is 23.6 Å². The average molecular weight is 770 g/mol. The van der Waals surface area contributed by atoms with Crippen LogP contribution in [0.4, 0.5) is 17.6 Å². The van der Waals surface area contributed by atoms with Crippen molar-refractivity contribution in [2.75, 3.05) is 23.7 Å². The Kier molecular flexibility index (Phi) is 9.55. The fourth-order valence-electron chi connectivity index (χ4n) is 5.36. The molecule has 2 aromatic carbocycles. The summed E-state index contributed by atoms with van der Waals surface area (Å²) in [6.45, 7) is 3.62. The third-order valence-electron chi connectivity index (χ3n) is 7.75. The van der Waals surface area contributed by atoms with Crippen LogP contribution in [0.25, 0.3) is 0 Å². The van der Waals surface area contributed by atoms with E-state index >= 15 is 0 Å². The molecular weight excluding hydrogens is 742 g/mol. The summed E-state index contributed by atoms with van der Waals surface area (Å²) >= 11 is 6.04. The molecule has 266 valence electrons. The molecule has 0 spiro atoms. The first-order valence-corrected chi connectivity index (χ1v) is 18.9. The summed E-state index contributed by atoms with van der Waals surface area (Å²) in [7, 11) is -14.6. The second-order valence-electron chi connectivity index (χ2n) is 12.0. The van der Waals surface area contributed by atoms with Gasteiger partial charge in [0, 0.05) is 35.6 Å². The van der Waals surface area contributed by atoms with Crippen molar-refractivity contribution in [3.8, 4) is 0 Å². The van der Waals surface area contributed by atoms with E-state index in [1.165, 1.54) is 12.1 Å². The molecule has 2 unspecified atom stereocenters. The Morgan fingerprint density at radius 3 is 1.96 bits per heavy atom. The zero-order valence-electron chi connectivity index (χ0n) is 25.8. The van der Waals surface area contributed by atoms with Gasteiger partial charge in [-0.1, -0.05) is 38.1 Å². The number of carbonyl (C=O) groups is 2. The highest BCUT2D eigenvalue weighted by Gasteiger charge is 2.48. The Morgan fingerprint density at radius 2 is 1.38 bits per heavy atom. The minimum atomic E-state index is -4.90. The van der Waals surface area contributed by atoms with Crippen molar-refractivity contribution in [2.24, 2.45) is 23.0 Å². The van der Waals surface area contributed by atoms with Crippen molar-refractivity contribution < 1.29 is 48.5 Å². The highest BCUT2D eigenvalue weighted by molar-refractivity contribution is 7.90. The van der Waals surface area contributed by atoms with Crippen molar-refractivity contribution in [3.63, 3.8) is 0 Å². The molecule has 0 fully saturated rings. The number of hydrogen-bond acceptors (Lipinski definition) is 15. The Morgan fingerprint density at radius 1 is 0.800 bits per heavy atom. The lowest BCUT2D eigenvalue weighted by Crippen LogP contribution is -2.47. The Labute approximate surface area is 290 Å². The van der Waals surface area contributed by atoms with Crippen LogP contribution in [0, 0.1) is 17.3 Å². The van der Waals surface area contributed by atoms with Gasteiger partial charge in [-0.05, 0) is 41.3 Å². The maximum atomic E-state index is 13.6. The highest BCUT2D eigenvalue weighted by atomic mass is 35.5. The number of allylic oxidation sites excluding steroid dienone is 3. The lowest BCUT2D eigenvalue weighted by atomic mass is 9.69. The van der Waals surface area contributed by atoms with E-state index in [-0.39, 0.29) is 47.1 Å². The smallest absolute Gasteiger partial charge is 0.296 e. The summed E-state index contributed by atoms with van der Waals surface area (Å²) in [4.78, 5) is 36.8. The molecule has 3 aromatic rings. The quantitative estimate of drug-likeness (QED) is 0.137. The second-order valence-corrected chi connectivity index (χ2v) is 16.5. The second kappa shape index (κ2) is 13.0. The van der Waals surface area contributed by atoms with Gasteiger partial charge in [0.25, 0.3) is 30.4 Å². The zero-order chi connectivity index (χ0) is 37.0. The number of rotatable bonds is 11. The third kappa shape index (κ3) is 7.62. The van der Waals surface area contributed by atoms with E-state index in [0.717, 1.165) is 24.3 Å². The first-order chi connectivity index (χ1) is 23.1. The molecule has 0 aliphatic heterocycles. The van der Waals surface area contributed by atoms with Gasteiger partial charge in [0.15, 0.2) is 11.6 Å². The van der Waals surface area contributed by atoms with E-state index in [2.05, 4.69) is 30.9 Å². The lowest BCUT2D eigenvalue weighted by Gasteiger charge is -2.37. The van der Waals surface area contributed by atoms with Gasteiger partial charge >= 0.3 is 0 Å². The number of nitrogens with zero attached hydrogens (tertiary/aromatic N) is 3. The predicted octanol–water partition coefficient (Wildman–Crippen LogP) is 2.06. The van der Waals surface area contributed by atoms with E-state index in [0.29, 0.717) is 0 Å². The summed E-state index contributed by atoms with van der Waals surface area (Å²) in [5.74, 6) is -4.18. The third-order valence-corrected chi connectivity index (χ3v) is 10.6. The molecule has 5 rings (SSSR count). The van der Waals surface area contributed by atoms with Gasteiger partial charge in [0.2, 0.25) is 17.2 Å². The molecule has 18 nitrogen and oxygen atoms in total. The molecule has 0 radical (unpaired) electrons. The van der Waals surface area contributed by atoms with Crippen LogP contribution in [0.1, 0.15) is 34.6 Å². The van der Waals surface area contributed by atoms with Crippen molar-refractivity contribution in [3.05, 3.63) is 81.3 Å². The molecule has 50 heavy (non-hydrogen) atoms. The molecule has 0 saturated heterocycles. The van der Waals surface area contributed by atoms with Crippen LogP contribution in [0.2, 0.25) is 5.28 Å². The summed E-state index contributed by atoms with van der Waals surface area (Å²) in [5.41, 5.74) is 4.59. The summed E-state index contributed by atoms with van der Waals surface area (Å²) in [6, 6.07) is 8.27. The zero-order valence-corrected chi connectivity index (χ0v) is 29.0. The summed E-state index contributed by atoms with van der Waals surface area (Å²) in [5, 5.41) is 7.99. The van der Waals surface area contributed by atoms with Gasteiger partial charge in [-0.2, -0.15) is 40.2 Å². The molecule has 0 amide bonds. The minimum absolute atomic E-state index is 0.0363. The molecule has 1 heterocycles. The van der Waals surface area contributed by atoms with E-state index in [1.807, 2.05) is 0 Å². The van der Waals surface area contributed by atoms with Crippen LogP contribution in [0.15, 0.2) is 74.6 Å². The predicted molar refractivity (Wildman–Crippen MR) is 177 cm³/mol. The number of hydrogen-bond donors (Lipinski definition) is 7. The molecule has 2 aliphatic rings.